The van der Waals surface area contributed by atoms with Gasteiger partial charge in [-0.15, -0.1) is 11.3 Å². The van der Waals surface area contributed by atoms with Gasteiger partial charge in [0.25, 0.3) is 0 Å². The van der Waals surface area contributed by atoms with Crippen molar-refractivity contribution in [3.63, 3.8) is 0 Å². The number of amides is 1. The summed E-state index contributed by atoms with van der Waals surface area (Å²) in [5, 5.41) is 2.27. The fourth-order valence-corrected chi connectivity index (χ4v) is 14.1. The molecular weight excluding hydrogens is 952 g/mol. The molecule has 0 aliphatic rings. The van der Waals surface area contributed by atoms with E-state index in [9.17, 15) is 4.79 Å². The summed E-state index contributed by atoms with van der Waals surface area (Å²) in [4.78, 5) is 24.3. The number of ether oxygens (including phenoxy) is 4. The predicted octanol–water partition coefficient (Wildman–Crippen LogP) is 7.98. The zero-order valence-electron chi connectivity index (χ0n) is 23.3. The summed E-state index contributed by atoms with van der Waals surface area (Å²) in [6.45, 7) is 0. The van der Waals surface area contributed by atoms with Crippen molar-refractivity contribution >= 4 is 153 Å². The summed E-state index contributed by atoms with van der Waals surface area (Å²) in [5.74, 6) is 2.63. The van der Waals surface area contributed by atoms with Gasteiger partial charge in [-0.2, -0.15) is 0 Å². The maximum Gasteiger partial charge on any atom is 0.204 e. The summed E-state index contributed by atoms with van der Waals surface area (Å²) >= 11 is 24.7. The van der Waals surface area contributed by atoms with E-state index in [2.05, 4.69) is 99.5 Å². The van der Waals surface area contributed by atoms with Gasteiger partial charge in [0.15, 0.2) is 5.78 Å². The second-order valence-electron chi connectivity index (χ2n) is 6.47. The van der Waals surface area contributed by atoms with Crippen molar-refractivity contribution in [2.75, 3.05) is 33.8 Å². The molecule has 2 aromatic carbocycles. The summed E-state index contributed by atoms with van der Waals surface area (Å²) in [6, 6.07) is 7.22. The molecule has 3 aromatic rings. The van der Waals surface area contributed by atoms with Crippen LogP contribution < -0.4 is 30.4 Å². The van der Waals surface area contributed by atoms with Crippen molar-refractivity contribution in [2.24, 2.45) is 11.5 Å². The van der Waals surface area contributed by atoms with Crippen LogP contribution in [0, 0.1) is 0 Å². The Morgan fingerprint density at radius 1 is 1.00 bits per heavy atom. The molecule has 0 spiro atoms. The number of alkyl halides is 1. The van der Waals surface area contributed by atoms with Crippen LogP contribution in [0.3, 0.4) is 0 Å². The van der Waals surface area contributed by atoms with Gasteiger partial charge in [0.1, 0.15) is 31.9 Å². The molecular formula is C24H30Br3N3O6P2S7. The van der Waals surface area contributed by atoms with Crippen molar-refractivity contribution in [1.82, 2.24) is 4.98 Å². The molecule has 1 amide bonds. The van der Waals surface area contributed by atoms with E-state index >= 15 is 0 Å². The first-order valence-corrected chi connectivity index (χ1v) is 23.5. The lowest BCUT2D eigenvalue weighted by Crippen LogP contribution is -2.02. The third-order valence-electron chi connectivity index (χ3n) is 4.19. The number of hydrogen-bond donors (Lipinski definition) is 2. The van der Waals surface area contributed by atoms with E-state index < -0.39 is 0 Å². The molecule has 250 valence electrons. The van der Waals surface area contributed by atoms with Gasteiger partial charge in [0.2, 0.25) is 6.41 Å². The Bertz CT molecular complexity index is 1420. The highest BCUT2D eigenvalue weighted by atomic mass is 79.9. The van der Waals surface area contributed by atoms with Crippen molar-refractivity contribution in [3.8, 4) is 34.3 Å². The van der Waals surface area contributed by atoms with Crippen LogP contribution in [0.15, 0.2) is 44.1 Å². The number of thiazole rings is 1. The molecule has 0 radical (unpaired) electrons. The second-order valence-corrected chi connectivity index (χ2v) is 19.3. The number of carbonyl (C=O) groups excluding carboxylic acids is 2. The van der Waals surface area contributed by atoms with Crippen molar-refractivity contribution < 1.29 is 28.5 Å². The molecule has 1 aromatic heterocycles. The molecule has 0 saturated heterocycles. The van der Waals surface area contributed by atoms with Gasteiger partial charge in [-0.3, -0.25) is 9.59 Å². The van der Waals surface area contributed by atoms with Crippen molar-refractivity contribution in [3.05, 3.63) is 49.7 Å². The maximum absolute atomic E-state index is 11.5. The molecule has 0 aliphatic heterocycles. The van der Waals surface area contributed by atoms with E-state index in [1.54, 1.807) is 75.8 Å². The zero-order chi connectivity index (χ0) is 33.9. The Morgan fingerprint density at radius 3 is 1.73 bits per heavy atom. The second kappa shape index (κ2) is 32.0. The number of aromatic nitrogens is 1. The minimum absolute atomic E-state index is 0. The molecule has 0 unspecified atom stereocenters. The molecule has 4 N–H and O–H groups in total. The number of hydrogen-bond acceptors (Lipinski definition) is 11. The third kappa shape index (κ3) is 20.4. The van der Waals surface area contributed by atoms with Crippen molar-refractivity contribution in [1.29, 1.82) is 0 Å². The molecule has 21 heteroatoms. The Hall–Kier alpha value is -0.560. The smallest absolute Gasteiger partial charge is 0.204 e. The number of primary amides is 1. The SMILES string of the molecule is C.COc1cc(-c2cscn2)cc(OC)c1Br.COc1cc(C(=O)CBr)cc(OC)c1Br.NC=O.NC=S.S=PP=S=S=S=S. The Balaban J connectivity index is -0.000000563. The van der Waals surface area contributed by atoms with Crippen LogP contribution in [0.5, 0.6) is 23.0 Å². The van der Waals surface area contributed by atoms with Crippen molar-refractivity contribution in [2.45, 2.75) is 7.43 Å². The van der Waals surface area contributed by atoms with E-state index in [0.717, 1.165) is 39.8 Å². The third-order valence-corrected chi connectivity index (χ3v) is 16.8. The molecule has 45 heavy (non-hydrogen) atoms. The van der Waals surface area contributed by atoms with E-state index in [-0.39, 0.29) is 25.0 Å². The van der Waals surface area contributed by atoms with Gasteiger partial charge in [0, 0.05) is 30.6 Å². The van der Waals surface area contributed by atoms with Crippen LogP contribution in [0.1, 0.15) is 17.8 Å². The number of Topliss-reactive ketones (excluding diaryl/α,β-unsaturated/α-hetero) is 1. The first kappa shape index (κ1) is 48.8. The zero-order valence-corrected chi connectivity index (χ0v) is 35.5. The van der Waals surface area contributed by atoms with Gasteiger partial charge in [-0.05, 0) is 106 Å². The number of ketones is 1. The van der Waals surface area contributed by atoms with E-state index in [1.807, 2.05) is 17.5 Å². The van der Waals surface area contributed by atoms with E-state index in [4.69, 9.17) is 23.7 Å². The number of rotatable bonds is 8. The molecule has 0 bridgehead atoms. The fraction of sp³-hybridized carbons (Fsp3) is 0.250. The molecule has 0 aliphatic carbocycles. The molecule has 0 saturated carbocycles. The standard InChI is InChI=1S/C11H10BrNO2S.C10H10Br2O3.CH3NO.CH3NS.CH4.P2S5/c1-14-9-3-7(8-5-16-6-13-8)4-10(15-2)11(9)12;1-14-8-3-6(7(13)5-11)4-9(15-2)10(8)12;2*2-1-3;;3-1-2-5-7-6-4/h3-6H,1-2H3;3-4H,5H2,1-2H3;2*1H,(H2,2,3);1H4;. The fourth-order valence-electron chi connectivity index (χ4n) is 2.52. The number of halogens is 3. The Labute approximate surface area is 320 Å². The lowest BCUT2D eigenvalue weighted by Gasteiger charge is -2.10. The highest BCUT2D eigenvalue weighted by Gasteiger charge is 2.14. The van der Waals surface area contributed by atoms with Crippen LogP contribution in [-0.2, 0) is 55.0 Å². The Kier molecular flexibility index (Phi) is 34.7. The van der Waals surface area contributed by atoms with Gasteiger partial charge < -0.3 is 30.4 Å². The number of thiocarbonyl (C=S) groups is 1. The number of methoxy groups -OCH3 is 4. The van der Waals surface area contributed by atoms with Crippen LogP contribution >= 0.6 is 85.4 Å². The van der Waals surface area contributed by atoms with E-state index in [1.165, 1.54) is 15.9 Å². The summed E-state index contributed by atoms with van der Waals surface area (Å²) < 4.78 is 22.3. The molecule has 0 fully saturated rings. The molecule has 0 atom stereocenters. The minimum Gasteiger partial charge on any atom is -0.495 e. The largest absolute Gasteiger partial charge is 0.495 e. The number of benzene rings is 2. The maximum atomic E-state index is 11.5. The highest BCUT2D eigenvalue weighted by molar-refractivity contribution is 9.11. The van der Waals surface area contributed by atoms with Crippen LogP contribution in [0.4, 0.5) is 0 Å². The molecule has 3 rings (SSSR count). The summed E-state index contributed by atoms with van der Waals surface area (Å²) in [6.07, 6.45) is 0.250. The number of nitrogens with two attached hydrogens (primary N) is 2. The first-order chi connectivity index (χ1) is 21.1. The van der Waals surface area contributed by atoms with E-state index in [0.29, 0.717) is 21.5 Å². The lowest BCUT2D eigenvalue weighted by atomic mass is 10.1. The lowest BCUT2D eigenvalue weighted by molar-refractivity contribution is -0.106. The van der Waals surface area contributed by atoms with Crippen LogP contribution in [0.25, 0.3) is 11.3 Å². The average molecular weight is 983 g/mol. The topological polar surface area (TPSA) is 136 Å². The van der Waals surface area contributed by atoms with Gasteiger partial charge in [-0.1, -0.05) is 35.6 Å². The summed E-state index contributed by atoms with van der Waals surface area (Å²) in [5.41, 5.74) is 14.1. The average Bonchev–Trinajstić information content (AvgIpc) is 3.58. The van der Waals surface area contributed by atoms with Gasteiger partial charge >= 0.3 is 0 Å². The van der Waals surface area contributed by atoms with Crippen LogP contribution in [-0.4, -0.2) is 56.4 Å². The quantitative estimate of drug-likeness (QED) is 0.0748. The first-order valence-electron chi connectivity index (χ1n) is 10.9. The normalized spacial score (nSPS) is 8.78. The van der Waals surface area contributed by atoms with Gasteiger partial charge in [-0.25, -0.2) is 4.98 Å². The predicted molar refractivity (Wildman–Crippen MR) is 219 cm³/mol. The monoisotopic (exact) mass is 979 g/mol. The number of nitrogens with zero attached hydrogens (tertiary/aromatic N) is 1. The summed E-state index contributed by atoms with van der Waals surface area (Å²) in [7, 11) is 13.2. The molecule has 1 heterocycles. The Morgan fingerprint density at radius 2 is 1.42 bits per heavy atom. The number of carbonyl (C=O) groups is 2. The molecule has 9 nitrogen and oxygen atoms in total. The minimum atomic E-state index is -0.0147. The highest BCUT2D eigenvalue weighted by Crippen LogP contribution is 2.39. The van der Waals surface area contributed by atoms with Crippen LogP contribution in [0.2, 0.25) is 0 Å². The van der Waals surface area contributed by atoms with Gasteiger partial charge in [0.05, 0.1) is 50.5 Å².